The lowest BCUT2D eigenvalue weighted by atomic mass is 10.1. The highest BCUT2D eigenvalue weighted by Gasteiger charge is 2.31. The number of ether oxygens (including phenoxy) is 1. The Labute approximate surface area is 138 Å². The van der Waals surface area contributed by atoms with E-state index in [2.05, 4.69) is 15.5 Å². The topological polar surface area (TPSA) is 73.9 Å². The Morgan fingerprint density at radius 1 is 1.21 bits per heavy atom. The Morgan fingerprint density at radius 3 is 2.92 bits per heavy atom. The van der Waals surface area contributed by atoms with Crippen LogP contribution < -0.4 is 25.2 Å². The standard InChI is InChI=1S/C16H19FN4O3/c17-11-7-13-14(24-6-2-10-9-18-3-5-20(10)13)8-12(11)21-4-1-15(22)19-16(21)23/h7-8,10,18H,1-6,9H2,(H,19,22,23)/t10-/m0/s1. The van der Waals surface area contributed by atoms with E-state index in [1.165, 1.54) is 11.0 Å². The molecule has 0 aromatic heterocycles. The molecule has 0 unspecified atom stereocenters. The summed E-state index contributed by atoms with van der Waals surface area (Å²) < 4.78 is 20.5. The predicted molar refractivity (Wildman–Crippen MR) is 86.0 cm³/mol. The molecule has 1 aromatic carbocycles. The van der Waals surface area contributed by atoms with Crippen LogP contribution in [0.25, 0.3) is 0 Å². The van der Waals surface area contributed by atoms with Crippen molar-refractivity contribution in [1.82, 2.24) is 10.6 Å². The molecule has 1 atom stereocenters. The Balaban J connectivity index is 1.70. The van der Waals surface area contributed by atoms with E-state index < -0.39 is 11.8 Å². The Hall–Kier alpha value is -2.35. The van der Waals surface area contributed by atoms with Gasteiger partial charge in [-0.05, 0) is 0 Å². The summed E-state index contributed by atoms with van der Waals surface area (Å²) in [6, 6.07) is 2.70. The molecule has 24 heavy (non-hydrogen) atoms. The van der Waals surface area contributed by atoms with Crippen LogP contribution in [0.4, 0.5) is 20.6 Å². The molecular weight excluding hydrogens is 315 g/mol. The lowest BCUT2D eigenvalue weighted by Crippen LogP contribution is -2.51. The summed E-state index contributed by atoms with van der Waals surface area (Å²) in [7, 11) is 0. The van der Waals surface area contributed by atoms with Crippen molar-refractivity contribution in [2.24, 2.45) is 0 Å². The van der Waals surface area contributed by atoms with Crippen molar-refractivity contribution in [3.05, 3.63) is 17.9 Å². The average Bonchev–Trinajstić information content (AvgIpc) is 2.74. The zero-order valence-electron chi connectivity index (χ0n) is 13.2. The first kappa shape index (κ1) is 15.2. The highest BCUT2D eigenvalue weighted by molar-refractivity contribution is 6.05. The number of benzene rings is 1. The third-order valence-electron chi connectivity index (χ3n) is 4.74. The minimum absolute atomic E-state index is 0.146. The number of nitrogens with one attached hydrogen (secondary N) is 2. The maximum absolute atomic E-state index is 14.7. The number of carbonyl (C=O) groups is 2. The van der Waals surface area contributed by atoms with Crippen LogP contribution in [-0.2, 0) is 4.79 Å². The number of urea groups is 1. The van der Waals surface area contributed by atoms with Gasteiger partial charge in [0.1, 0.15) is 11.6 Å². The van der Waals surface area contributed by atoms with Crippen LogP contribution in [0.2, 0.25) is 0 Å². The zero-order chi connectivity index (χ0) is 16.7. The molecule has 0 aliphatic carbocycles. The van der Waals surface area contributed by atoms with Gasteiger partial charge in [0.05, 0.1) is 18.0 Å². The van der Waals surface area contributed by atoms with Crippen LogP contribution in [0.1, 0.15) is 12.8 Å². The molecule has 8 heteroatoms. The fourth-order valence-corrected chi connectivity index (χ4v) is 3.51. The maximum atomic E-state index is 14.7. The third-order valence-corrected chi connectivity index (χ3v) is 4.74. The average molecular weight is 334 g/mol. The van der Waals surface area contributed by atoms with E-state index in [0.717, 1.165) is 31.7 Å². The molecule has 2 fully saturated rings. The lowest BCUT2D eigenvalue weighted by molar-refractivity contribution is -0.120. The minimum Gasteiger partial charge on any atom is -0.491 e. The van der Waals surface area contributed by atoms with E-state index in [1.807, 2.05) is 0 Å². The molecule has 0 bridgehead atoms. The van der Waals surface area contributed by atoms with Crippen molar-refractivity contribution in [3.63, 3.8) is 0 Å². The smallest absolute Gasteiger partial charge is 0.328 e. The van der Waals surface area contributed by atoms with Gasteiger partial charge in [0, 0.05) is 57.2 Å². The monoisotopic (exact) mass is 334 g/mol. The predicted octanol–water partition coefficient (Wildman–Crippen LogP) is 0.833. The Kier molecular flexibility index (Phi) is 3.76. The summed E-state index contributed by atoms with van der Waals surface area (Å²) in [4.78, 5) is 26.7. The molecular formula is C16H19FN4O3. The number of rotatable bonds is 1. The number of carbonyl (C=O) groups excluding carboxylic acids is 2. The molecule has 0 spiro atoms. The van der Waals surface area contributed by atoms with Crippen LogP contribution in [0, 0.1) is 5.82 Å². The maximum Gasteiger partial charge on any atom is 0.328 e. The molecule has 4 rings (SSSR count). The van der Waals surface area contributed by atoms with Crippen molar-refractivity contribution in [2.45, 2.75) is 18.9 Å². The summed E-state index contributed by atoms with van der Waals surface area (Å²) in [5.74, 6) is -0.243. The van der Waals surface area contributed by atoms with E-state index >= 15 is 0 Å². The van der Waals surface area contributed by atoms with Gasteiger partial charge in [-0.2, -0.15) is 0 Å². The highest BCUT2D eigenvalue weighted by atomic mass is 19.1. The number of amides is 3. The first-order valence-electron chi connectivity index (χ1n) is 8.18. The van der Waals surface area contributed by atoms with Crippen LogP contribution in [0.3, 0.4) is 0 Å². The van der Waals surface area contributed by atoms with Gasteiger partial charge in [0.25, 0.3) is 0 Å². The zero-order valence-corrected chi connectivity index (χ0v) is 13.2. The summed E-state index contributed by atoms with van der Waals surface area (Å²) in [5.41, 5.74) is 0.876. The number of nitrogens with zero attached hydrogens (tertiary/aromatic N) is 2. The normalized spacial score (nSPS) is 23.8. The van der Waals surface area contributed by atoms with E-state index in [0.29, 0.717) is 12.4 Å². The molecule has 2 N–H and O–H groups in total. The van der Waals surface area contributed by atoms with Gasteiger partial charge in [-0.25, -0.2) is 9.18 Å². The molecule has 3 amide bonds. The lowest BCUT2D eigenvalue weighted by Gasteiger charge is -2.37. The molecule has 1 aromatic rings. The molecule has 7 nitrogen and oxygen atoms in total. The SMILES string of the molecule is O=C1CCN(c2cc3c(cc2F)N2CCNC[C@@H]2CCO3)C(=O)N1. The highest BCUT2D eigenvalue weighted by Crippen LogP contribution is 2.39. The van der Waals surface area contributed by atoms with E-state index in [-0.39, 0.29) is 30.6 Å². The third kappa shape index (κ3) is 2.56. The van der Waals surface area contributed by atoms with Crippen molar-refractivity contribution >= 4 is 23.3 Å². The van der Waals surface area contributed by atoms with E-state index in [1.54, 1.807) is 6.07 Å². The first-order chi connectivity index (χ1) is 11.6. The van der Waals surface area contributed by atoms with E-state index in [4.69, 9.17) is 4.74 Å². The molecule has 3 heterocycles. The van der Waals surface area contributed by atoms with Crippen LogP contribution in [0.5, 0.6) is 5.75 Å². The van der Waals surface area contributed by atoms with Gasteiger partial charge < -0.3 is 15.0 Å². The molecule has 3 aliphatic heterocycles. The van der Waals surface area contributed by atoms with Gasteiger partial charge in [0.15, 0.2) is 0 Å². The number of anilines is 2. The fraction of sp³-hybridized carbons (Fsp3) is 0.500. The molecule has 0 radical (unpaired) electrons. The van der Waals surface area contributed by atoms with Crippen LogP contribution in [0.15, 0.2) is 12.1 Å². The number of hydrogen-bond donors (Lipinski definition) is 2. The molecule has 0 saturated carbocycles. The second-order valence-corrected chi connectivity index (χ2v) is 6.21. The van der Waals surface area contributed by atoms with Gasteiger partial charge in [-0.3, -0.25) is 15.0 Å². The quantitative estimate of drug-likeness (QED) is 0.796. The van der Waals surface area contributed by atoms with E-state index in [9.17, 15) is 14.0 Å². The number of piperazine rings is 1. The number of imide groups is 1. The number of hydrogen-bond acceptors (Lipinski definition) is 5. The van der Waals surface area contributed by atoms with Crippen LogP contribution in [-0.4, -0.2) is 50.8 Å². The Bertz CT molecular complexity index is 696. The Morgan fingerprint density at radius 2 is 2.08 bits per heavy atom. The molecule has 3 aliphatic rings. The van der Waals surface area contributed by atoms with Gasteiger partial charge in [0.2, 0.25) is 5.91 Å². The number of fused-ring (bicyclic) bond motifs is 3. The summed E-state index contributed by atoms with van der Waals surface area (Å²) in [6.07, 6.45) is 1.01. The second kappa shape index (κ2) is 5.94. The van der Waals surface area contributed by atoms with Crippen molar-refractivity contribution in [3.8, 4) is 5.75 Å². The number of halogens is 1. The van der Waals surface area contributed by atoms with Gasteiger partial charge >= 0.3 is 6.03 Å². The first-order valence-corrected chi connectivity index (χ1v) is 8.18. The van der Waals surface area contributed by atoms with Gasteiger partial charge in [-0.15, -0.1) is 0 Å². The fourth-order valence-electron chi connectivity index (χ4n) is 3.51. The van der Waals surface area contributed by atoms with Gasteiger partial charge in [-0.1, -0.05) is 0 Å². The second-order valence-electron chi connectivity index (χ2n) is 6.21. The largest absolute Gasteiger partial charge is 0.491 e. The summed E-state index contributed by atoms with van der Waals surface area (Å²) in [5, 5.41) is 5.56. The molecule has 2 saturated heterocycles. The van der Waals surface area contributed by atoms with Crippen molar-refractivity contribution in [1.29, 1.82) is 0 Å². The molecule has 128 valence electrons. The summed E-state index contributed by atoms with van der Waals surface area (Å²) in [6.45, 7) is 3.19. The summed E-state index contributed by atoms with van der Waals surface area (Å²) >= 11 is 0. The minimum atomic E-state index is -0.598. The van der Waals surface area contributed by atoms with Crippen molar-refractivity contribution in [2.75, 3.05) is 42.6 Å². The van der Waals surface area contributed by atoms with Crippen LogP contribution >= 0.6 is 0 Å². The van der Waals surface area contributed by atoms with Crippen molar-refractivity contribution < 1.29 is 18.7 Å².